The zero-order valence-corrected chi connectivity index (χ0v) is 16.6. The Kier molecular flexibility index (Phi) is 4.39. The maximum Gasteiger partial charge on any atom is 0.266 e. The van der Waals surface area contributed by atoms with Crippen molar-refractivity contribution in [3.63, 3.8) is 0 Å². The highest BCUT2D eigenvalue weighted by molar-refractivity contribution is 7.89. The molecule has 0 bridgehead atoms. The summed E-state index contributed by atoms with van der Waals surface area (Å²) in [5.74, 6) is 0.656. The van der Waals surface area contributed by atoms with Gasteiger partial charge in [-0.1, -0.05) is 12.5 Å². The van der Waals surface area contributed by atoms with E-state index < -0.39 is 10.0 Å². The van der Waals surface area contributed by atoms with E-state index in [1.54, 1.807) is 10.4 Å². The molecule has 27 heavy (non-hydrogen) atoms. The van der Waals surface area contributed by atoms with Gasteiger partial charge in [0, 0.05) is 32.2 Å². The second kappa shape index (κ2) is 6.78. The highest BCUT2D eigenvalue weighted by Crippen LogP contribution is 2.29. The first-order chi connectivity index (χ1) is 13.1. The molecule has 0 aromatic heterocycles. The van der Waals surface area contributed by atoms with Crippen LogP contribution in [0.15, 0.2) is 28.1 Å². The van der Waals surface area contributed by atoms with Crippen LogP contribution in [0.1, 0.15) is 36.8 Å². The molecular formula is C20H28N4O2S. The van der Waals surface area contributed by atoms with Crippen molar-refractivity contribution in [2.45, 2.75) is 49.5 Å². The fourth-order valence-corrected chi connectivity index (χ4v) is 6.28. The Hall–Kier alpha value is -1.60. The van der Waals surface area contributed by atoms with E-state index in [9.17, 15) is 8.42 Å². The third-order valence-corrected chi connectivity index (χ3v) is 8.40. The molecule has 1 aromatic carbocycles. The Bertz CT molecular complexity index is 855. The average Bonchev–Trinajstić information content (AvgIpc) is 3.30. The van der Waals surface area contributed by atoms with E-state index in [0.29, 0.717) is 23.9 Å². The lowest BCUT2D eigenvalue weighted by atomic mass is 9.91. The molecule has 0 amide bonds. The van der Waals surface area contributed by atoms with Crippen LogP contribution in [0.25, 0.3) is 0 Å². The van der Waals surface area contributed by atoms with Gasteiger partial charge >= 0.3 is 0 Å². The molecule has 0 unspecified atom stereocenters. The molecule has 0 spiro atoms. The first kappa shape index (κ1) is 17.5. The summed E-state index contributed by atoms with van der Waals surface area (Å²) in [4.78, 5) is 9.74. The Balaban J connectivity index is 1.33. The normalized spacial score (nSPS) is 24.1. The summed E-state index contributed by atoms with van der Waals surface area (Å²) >= 11 is 0. The van der Waals surface area contributed by atoms with Crippen LogP contribution in [-0.2, 0) is 22.9 Å². The van der Waals surface area contributed by atoms with Crippen LogP contribution in [-0.4, -0.2) is 73.8 Å². The summed E-state index contributed by atoms with van der Waals surface area (Å²) in [6.45, 7) is 4.77. The van der Waals surface area contributed by atoms with Crippen LogP contribution >= 0.6 is 0 Å². The SMILES string of the molecule is O=S(=O)(c1ccc2c(c1)CCC2)N1CCN=C1N1CCN(C2CCC2)CC1. The van der Waals surface area contributed by atoms with E-state index in [4.69, 9.17) is 0 Å². The van der Waals surface area contributed by atoms with Gasteiger partial charge in [-0.25, -0.2) is 12.7 Å². The molecule has 0 atom stereocenters. The summed E-state index contributed by atoms with van der Waals surface area (Å²) in [5, 5.41) is 0. The van der Waals surface area contributed by atoms with E-state index >= 15 is 0 Å². The number of fused-ring (bicyclic) bond motifs is 1. The Morgan fingerprint density at radius 3 is 2.44 bits per heavy atom. The van der Waals surface area contributed by atoms with Gasteiger partial charge in [-0.05, 0) is 55.4 Å². The summed E-state index contributed by atoms with van der Waals surface area (Å²) in [5.41, 5.74) is 2.50. The van der Waals surface area contributed by atoms with Crippen molar-refractivity contribution in [2.24, 2.45) is 4.99 Å². The fraction of sp³-hybridized carbons (Fsp3) is 0.650. The number of piperazine rings is 1. The molecule has 1 saturated carbocycles. The van der Waals surface area contributed by atoms with Gasteiger partial charge < -0.3 is 4.90 Å². The number of nitrogens with zero attached hydrogens (tertiary/aromatic N) is 4. The van der Waals surface area contributed by atoms with Crippen molar-refractivity contribution in [2.75, 3.05) is 39.3 Å². The summed E-state index contributed by atoms with van der Waals surface area (Å²) < 4.78 is 28.2. The Morgan fingerprint density at radius 2 is 1.70 bits per heavy atom. The molecule has 4 aliphatic rings. The number of guanidine groups is 1. The second-order valence-electron chi connectivity index (χ2n) is 8.15. The van der Waals surface area contributed by atoms with Crippen molar-refractivity contribution in [1.29, 1.82) is 0 Å². The minimum absolute atomic E-state index is 0.422. The van der Waals surface area contributed by atoms with E-state index in [1.807, 2.05) is 12.1 Å². The molecule has 0 radical (unpaired) electrons. The van der Waals surface area contributed by atoms with Gasteiger partial charge in [0.1, 0.15) is 0 Å². The van der Waals surface area contributed by atoms with Gasteiger partial charge in [-0.3, -0.25) is 9.89 Å². The molecule has 1 saturated heterocycles. The number of aliphatic imine (C=N–C) groups is 1. The van der Waals surface area contributed by atoms with Crippen molar-refractivity contribution in [3.05, 3.63) is 29.3 Å². The van der Waals surface area contributed by atoms with E-state index in [0.717, 1.165) is 51.5 Å². The van der Waals surface area contributed by atoms with Crippen molar-refractivity contribution in [3.8, 4) is 0 Å². The largest absolute Gasteiger partial charge is 0.339 e. The smallest absolute Gasteiger partial charge is 0.266 e. The van der Waals surface area contributed by atoms with Crippen molar-refractivity contribution < 1.29 is 8.42 Å². The predicted octanol–water partition coefficient (Wildman–Crippen LogP) is 1.71. The molecule has 2 heterocycles. The third-order valence-electron chi connectivity index (χ3n) is 6.63. The van der Waals surface area contributed by atoms with E-state index in [-0.39, 0.29) is 0 Å². The first-order valence-electron chi connectivity index (χ1n) is 10.3. The third kappa shape index (κ3) is 3.05. The maximum atomic E-state index is 13.3. The Morgan fingerprint density at radius 1 is 0.926 bits per heavy atom. The minimum Gasteiger partial charge on any atom is -0.339 e. The van der Waals surface area contributed by atoms with E-state index in [1.165, 1.54) is 30.4 Å². The monoisotopic (exact) mass is 388 g/mol. The molecular weight excluding hydrogens is 360 g/mol. The number of rotatable bonds is 3. The highest BCUT2D eigenvalue weighted by atomic mass is 32.2. The lowest BCUT2D eigenvalue weighted by Crippen LogP contribution is -2.56. The van der Waals surface area contributed by atoms with Crippen LogP contribution in [0.4, 0.5) is 0 Å². The molecule has 1 aromatic rings. The molecule has 7 heteroatoms. The second-order valence-corrected chi connectivity index (χ2v) is 10.0. The topological polar surface area (TPSA) is 56.2 Å². The van der Waals surface area contributed by atoms with E-state index in [2.05, 4.69) is 14.8 Å². The van der Waals surface area contributed by atoms with Crippen LogP contribution in [0, 0.1) is 0 Å². The summed E-state index contributed by atoms with van der Waals surface area (Å²) in [6.07, 6.45) is 7.17. The standard InChI is InChI=1S/C20H28N4O2S/c25-27(26,19-8-7-16-3-1-4-17(16)15-19)24-10-9-21-20(24)23-13-11-22(12-14-23)18-5-2-6-18/h7-8,15,18H,1-6,9-14H2. The van der Waals surface area contributed by atoms with Crippen molar-refractivity contribution >= 4 is 16.0 Å². The molecule has 2 fully saturated rings. The maximum absolute atomic E-state index is 13.3. The van der Waals surface area contributed by atoms with Crippen LogP contribution in [0.5, 0.6) is 0 Å². The summed E-state index contributed by atoms with van der Waals surface area (Å²) in [7, 11) is -3.53. The van der Waals surface area contributed by atoms with Gasteiger partial charge in [-0.2, -0.15) is 0 Å². The summed E-state index contributed by atoms with van der Waals surface area (Å²) in [6, 6.07) is 6.43. The lowest BCUT2D eigenvalue weighted by molar-refractivity contribution is 0.0833. The minimum atomic E-state index is -3.53. The molecule has 2 aliphatic heterocycles. The number of hydrogen-bond acceptors (Lipinski definition) is 5. The van der Waals surface area contributed by atoms with Gasteiger partial charge in [0.25, 0.3) is 10.0 Å². The van der Waals surface area contributed by atoms with Crippen LogP contribution < -0.4 is 0 Å². The predicted molar refractivity (Wildman–Crippen MR) is 105 cm³/mol. The molecule has 0 N–H and O–H groups in total. The quantitative estimate of drug-likeness (QED) is 0.791. The number of benzene rings is 1. The molecule has 6 nitrogen and oxygen atoms in total. The van der Waals surface area contributed by atoms with Gasteiger partial charge in [0.15, 0.2) is 0 Å². The lowest BCUT2D eigenvalue weighted by Gasteiger charge is -2.44. The van der Waals surface area contributed by atoms with Gasteiger partial charge in [-0.15, -0.1) is 0 Å². The Labute approximate surface area is 161 Å². The number of aryl methyl sites for hydroxylation is 2. The number of sulfonamides is 1. The molecule has 2 aliphatic carbocycles. The number of hydrogen-bond donors (Lipinski definition) is 0. The van der Waals surface area contributed by atoms with Crippen LogP contribution in [0.2, 0.25) is 0 Å². The molecule has 146 valence electrons. The first-order valence-corrected chi connectivity index (χ1v) is 11.7. The van der Waals surface area contributed by atoms with Crippen LogP contribution in [0.3, 0.4) is 0 Å². The molecule has 5 rings (SSSR count). The average molecular weight is 389 g/mol. The van der Waals surface area contributed by atoms with Gasteiger partial charge in [0.2, 0.25) is 5.96 Å². The highest BCUT2D eigenvalue weighted by Gasteiger charge is 2.36. The zero-order valence-electron chi connectivity index (χ0n) is 15.8. The zero-order chi connectivity index (χ0) is 18.4. The fourth-order valence-electron chi connectivity index (χ4n) is 4.78. The van der Waals surface area contributed by atoms with Crippen molar-refractivity contribution in [1.82, 2.24) is 14.1 Å². The van der Waals surface area contributed by atoms with Gasteiger partial charge in [0.05, 0.1) is 18.0 Å².